The lowest BCUT2D eigenvalue weighted by Gasteiger charge is -2.16. The maximum absolute atomic E-state index is 12.7. The van der Waals surface area contributed by atoms with Crippen LogP contribution < -0.4 is 10.2 Å². The zero-order valence-corrected chi connectivity index (χ0v) is 17.0. The van der Waals surface area contributed by atoms with Crippen LogP contribution in [0.25, 0.3) is 0 Å². The van der Waals surface area contributed by atoms with Crippen LogP contribution in [0.1, 0.15) is 32.3 Å². The molecular weight excluding hydrogens is 378 g/mol. The van der Waals surface area contributed by atoms with Crippen molar-refractivity contribution in [1.82, 2.24) is 5.48 Å². The Kier molecular flexibility index (Phi) is 8.02. The number of aryl methyl sites for hydroxylation is 1. The number of hydroxylamine groups is 1. The van der Waals surface area contributed by atoms with E-state index >= 15 is 0 Å². The molecule has 6 nitrogen and oxygen atoms in total. The van der Waals surface area contributed by atoms with Crippen molar-refractivity contribution >= 4 is 15.7 Å². The van der Waals surface area contributed by atoms with Crippen molar-refractivity contribution in [2.45, 2.75) is 44.1 Å². The quantitative estimate of drug-likeness (QED) is 0.467. The van der Waals surface area contributed by atoms with Crippen LogP contribution in [-0.2, 0) is 21.1 Å². The largest absolute Gasteiger partial charge is 0.491 e. The minimum Gasteiger partial charge on any atom is -0.491 e. The topological polar surface area (TPSA) is 92.7 Å². The van der Waals surface area contributed by atoms with E-state index in [2.05, 4.69) is 0 Å². The number of sulfone groups is 1. The first-order chi connectivity index (χ1) is 13.3. The van der Waals surface area contributed by atoms with Crippen molar-refractivity contribution in [3.8, 4) is 5.75 Å². The third-order valence-electron chi connectivity index (χ3n) is 4.32. The van der Waals surface area contributed by atoms with Gasteiger partial charge in [0.2, 0.25) is 5.91 Å². The summed E-state index contributed by atoms with van der Waals surface area (Å²) >= 11 is 0. The van der Waals surface area contributed by atoms with Gasteiger partial charge in [0.1, 0.15) is 5.75 Å². The van der Waals surface area contributed by atoms with E-state index < -0.39 is 21.7 Å². The summed E-state index contributed by atoms with van der Waals surface area (Å²) in [7, 11) is -3.68. The molecule has 1 atom stereocenters. The van der Waals surface area contributed by atoms with Crippen LogP contribution in [0.15, 0.2) is 59.5 Å². The van der Waals surface area contributed by atoms with Gasteiger partial charge in [0, 0.05) is 0 Å². The van der Waals surface area contributed by atoms with Gasteiger partial charge in [-0.15, -0.1) is 0 Å². The standard InChI is InChI=1S/C21H27NO5S/c1-16(2)27-19-11-13-20(14-12-19)28(25,26)15-18(21(23)22-24)10-6-9-17-7-4-3-5-8-17/h3-5,7-8,11-14,16,18,24H,6,9-10,15H2,1-2H3,(H,22,23). The zero-order valence-electron chi connectivity index (χ0n) is 16.2. The van der Waals surface area contributed by atoms with Crippen LogP contribution in [0.5, 0.6) is 5.75 Å². The number of rotatable bonds is 10. The van der Waals surface area contributed by atoms with E-state index in [1.54, 1.807) is 17.6 Å². The van der Waals surface area contributed by atoms with Crippen LogP contribution in [0.3, 0.4) is 0 Å². The highest BCUT2D eigenvalue weighted by Crippen LogP contribution is 2.22. The molecule has 0 radical (unpaired) electrons. The Bertz CT molecular complexity index is 848. The molecule has 1 amide bonds. The summed E-state index contributed by atoms with van der Waals surface area (Å²) in [5, 5.41) is 9.00. The second-order valence-electron chi connectivity index (χ2n) is 6.97. The van der Waals surface area contributed by atoms with E-state index in [9.17, 15) is 13.2 Å². The Morgan fingerprint density at radius 1 is 1.07 bits per heavy atom. The summed E-state index contributed by atoms with van der Waals surface area (Å²) in [4.78, 5) is 12.1. The Morgan fingerprint density at radius 3 is 2.29 bits per heavy atom. The first kappa shape index (κ1) is 21.9. The average molecular weight is 406 g/mol. The molecule has 0 aliphatic rings. The summed E-state index contributed by atoms with van der Waals surface area (Å²) in [6.45, 7) is 3.77. The van der Waals surface area contributed by atoms with Crippen LogP contribution in [-0.4, -0.2) is 31.4 Å². The number of ether oxygens (including phenoxy) is 1. The van der Waals surface area contributed by atoms with Gasteiger partial charge in [0.05, 0.1) is 22.7 Å². The van der Waals surface area contributed by atoms with Gasteiger partial charge in [-0.1, -0.05) is 30.3 Å². The Morgan fingerprint density at radius 2 is 1.71 bits per heavy atom. The lowest BCUT2D eigenvalue weighted by Crippen LogP contribution is -2.33. The van der Waals surface area contributed by atoms with Crippen molar-refractivity contribution in [2.75, 3.05) is 5.75 Å². The smallest absolute Gasteiger partial charge is 0.247 e. The first-order valence-electron chi connectivity index (χ1n) is 9.29. The molecule has 2 rings (SSSR count). The minimum atomic E-state index is -3.68. The van der Waals surface area contributed by atoms with Gasteiger partial charge in [-0.25, -0.2) is 13.9 Å². The maximum atomic E-state index is 12.7. The molecule has 28 heavy (non-hydrogen) atoms. The SMILES string of the molecule is CC(C)Oc1ccc(S(=O)(=O)CC(CCCc2ccccc2)C(=O)NO)cc1. The lowest BCUT2D eigenvalue weighted by molar-refractivity contribution is -0.132. The van der Waals surface area contributed by atoms with Crippen LogP contribution in [0.2, 0.25) is 0 Å². The first-order valence-corrected chi connectivity index (χ1v) is 10.9. The fraction of sp³-hybridized carbons (Fsp3) is 0.381. The molecule has 152 valence electrons. The van der Waals surface area contributed by atoms with Gasteiger partial charge < -0.3 is 4.74 Å². The molecule has 1 unspecified atom stereocenters. The number of nitrogens with one attached hydrogen (secondary N) is 1. The summed E-state index contributed by atoms with van der Waals surface area (Å²) in [5.74, 6) is -1.29. The van der Waals surface area contributed by atoms with Crippen molar-refractivity contribution in [2.24, 2.45) is 5.92 Å². The molecule has 0 spiro atoms. The number of amides is 1. The molecule has 7 heteroatoms. The number of carbonyl (C=O) groups is 1. The highest BCUT2D eigenvalue weighted by Gasteiger charge is 2.26. The summed E-state index contributed by atoms with van der Waals surface area (Å²) < 4.78 is 31.0. The molecule has 0 saturated carbocycles. The summed E-state index contributed by atoms with van der Waals surface area (Å²) in [6.07, 6.45) is 1.72. The van der Waals surface area contributed by atoms with E-state index in [-0.39, 0.29) is 16.8 Å². The second-order valence-corrected chi connectivity index (χ2v) is 9.00. The molecule has 0 heterocycles. The van der Waals surface area contributed by atoms with Crippen LogP contribution >= 0.6 is 0 Å². The van der Waals surface area contributed by atoms with Crippen molar-refractivity contribution in [3.05, 3.63) is 60.2 Å². The van der Waals surface area contributed by atoms with Crippen LogP contribution in [0, 0.1) is 5.92 Å². The van der Waals surface area contributed by atoms with Crippen molar-refractivity contribution in [3.63, 3.8) is 0 Å². The van der Waals surface area contributed by atoms with Gasteiger partial charge in [0.15, 0.2) is 9.84 Å². The Labute approximate surface area is 166 Å². The highest BCUT2D eigenvalue weighted by molar-refractivity contribution is 7.91. The molecular formula is C21H27NO5S. The van der Waals surface area contributed by atoms with Gasteiger partial charge in [-0.05, 0) is 62.9 Å². The molecule has 0 aliphatic heterocycles. The number of hydrogen-bond donors (Lipinski definition) is 2. The molecule has 0 aliphatic carbocycles. The van der Waals surface area contributed by atoms with E-state index in [4.69, 9.17) is 9.94 Å². The normalized spacial score (nSPS) is 12.6. The van der Waals surface area contributed by atoms with Crippen molar-refractivity contribution < 1.29 is 23.2 Å². The van der Waals surface area contributed by atoms with Gasteiger partial charge in [-0.2, -0.15) is 0 Å². The van der Waals surface area contributed by atoms with E-state index in [1.807, 2.05) is 44.2 Å². The predicted molar refractivity (Wildman–Crippen MR) is 107 cm³/mol. The summed E-state index contributed by atoms with van der Waals surface area (Å²) in [6, 6.07) is 15.9. The maximum Gasteiger partial charge on any atom is 0.247 e. The molecule has 0 aromatic heterocycles. The third-order valence-corrected chi connectivity index (χ3v) is 6.15. The fourth-order valence-corrected chi connectivity index (χ4v) is 4.53. The Balaban J connectivity index is 2.04. The molecule has 0 saturated heterocycles. The van der Waals surface area contributed by atoms with Gasteiger partial charge in [-0.3, -0.25) is 10.0 Å². The number of hydrogen-bond acceptors (Lipinski definition) is 5. The molecule has 0 bridgehead atoms. The third kappa shape index (κ3) is 6.65. The number of benzene rings is 2. The van der Waals surface area contributed by atoms with E-state index in [0.717, 1.165) is 12.0 Å². The fourth-order valence-electron chi connectivity index (χ4n) is 2.94. The highest BCUT2D eigenvalue weighted by atomic mass is 32.2. The van der Waals surface area contributed by atoms with Crippen LogP contribution in [0.4, 0.5) is 0 Å². The van der Waals surface area contributed by atoms with Gasteiger partial charge in [0.25, 0.3) is 0 Å². The van der Waals surface area contributed by atoms with E-state index in [1.165, 1.54) is 12.1 Å². The second kappa shape index (κ2) is 10.2. The Hall–Kier alpha value is -2.38. The zero-order chi connectivity index (χ0) is 20.6. The molecule has 2 aromatic carbocycles. The average Bonchev–Trinajstić information content (AvgIpc) is 2.67. The lowest BCUT2D eigenvalue weighted by atomic mass is 10.0. The predicted octanol–water partition coefficient (Wildman–Crippen LogP) is 3.39. The summed E-state index contributed by atoms with van der Waals surface area (Å²) in [5.41, 5.74) is 2.71. The van der Waals surface area contributed by atoms with Crippen molar-refractivity contribution in [1.29, 1.82) is 0 Å². The molecule has 2 aromatic rings. The minimum absolute atomic E-state index is 0.00953. The molecule has 0 fully saturated rings. The van der Waals surface area contributed by atoms with Gasteiger partial charge >= 0.3 is 0 Å². The van der Waals surface area contributed by atoms with E-state index in [0.29, 0.717) is 18.6 Å². The number of carbonyl (C=O) groups excluding carboxylic acids is 1. The monoisotopic (exact) mass is 405 g/mol. The molecule has 2 N–H and O–H groups in total.